The minimum atomic E-state index is 0.785. The number of nitrogens with two attached hydrogens (primary N) is 1. The van der Waals surface area contributed by atoms with Gasteiger partial charge in [-0.15, -0.1) is 0 Å². The van der Waals surface area contributed by atoms with Crippen molar-refractivity contribution in [2.24, 2.45) is 0 Å². The average Bonchev–Trinajstić information content (AvgIpc) is 3.40. The summed E-state index contributed by atoms with van der Waals surface area (Å²) in [4.78, 5) is 0. The summed E-state index contributed by atoms with van der Waals surface area (Å²) in [6, 6.07) is 52.5. The van der Waals surface area contributed by atoms with Gasteiger partial charge in [0.05, 0.1) is 11.0 Å². The van der Waals surface area contributed by atoms with E-state index >= 15 is 0 Å². The number of rotatable bonds is 2. The number of hydrogen-bond donors (Lipinski definition) is 1. The quantitative estimate of drug-likeness (QED) is 0.174. The van der Waals surface area contributed by atoms with Gasteiger partial charge in [-0.2, -0.15) is 0 Å². The normalized spacial score (nSPS) is 11.9. The highest BCUT2D eigenvalue weighted by atomic mass is 15.0. The Morgan fingerprint density at radius 3 is 1.83 bits per heavy atom. The number of benzene rings is 8. The lowest BCUT2D eigenvalue weighted by molar-refractivity contribution is 1.19. The Bertz CT molecular complexity index is 2530. The summed E-state index contributed by atoms with van der Waals surface area (Å²) < 4.78 is 2.48. The SMILES string of the molecule is Nc1ccccc1-c1cc2ccccc2c2c1c1ccccc1c1c3ccccc3n(-c3ccc4ccccc4c3)c12. The molecule has 0 saturated carbocycles. The summed E-state index contributed by atoms with van der Waals surface area (Å²) in [7, 11) is 0. The predicted octanol–water partition coefficient (Wildman–Crippen LogP) is 10.6. The zero-order chi connectivity index (χ0) is 27.8. The Morgan fingerprint density at radius 2 is 1.02 bits per heavy atom. The highest BCUT2D eigenvalue weighted by molar-refractivity contribution is 6.38. The Labute approximate surface area is 242 Å². The molecule has 0 fully saturated rings. The van der Waals surface area contributed by atoms with Crippen molar-refractivity contribution in [3.8, 4) is 16.8 Å². The maximum absolute atomic E-state index is 6.67. The van der Waals surface area contributed by atoms with Gasteiger partial charge in [0.1, 0.15) is 0 Å². The molecule has 9 rings (SSSR count). The van der Waals surface area contributed by atoms with Crippen LogP contribution in [0.5, 0.6) is 0 Å². The Balaban J connectivity index is 1.62. The third-order valence-corrected chi connectivity index (χ3v) is 8.87. The molecule has 8 aromatic carbocycles. The number of hydrogen-bond acceptors (Lipinski definition) is 1. The molecule has 0 radical (unpaired) electrons. The minimum Gasteiger partial charge on any atom is -0.398 e. The maximum atomic E-state index is 6.67. The number of anilines is 1. The van der Waals surface area contributed by atoms with E-state index in [9.17, 15) is 0 Å². The van der Waals surface area contributed by atoms with Crippen molar-refractivity contribution < 1.29 is 0 Å². The van der Waals surface area contributed by atoms with E-state index in [4.69, 9.17) is 5.73 Å². The van der Waals surface area contributed by atoms with E-state index in [1.54, 1.807) is 0 Å². The highest BCUT2D eigenvalue weighted by Crippen LogP contribution is 2.48. The molecule has 0 unspecified atom stereocenters. The van der Waals surface area contributed by atoms with Crippen LogP contribution in [0.3, 0.4) is 0 Å². The van der Waals surface area contributed by atoms with Gasteiger partial charge in [-0.1, -0.05) is 115 Å². The van der Waals surface area contributed by atoms with Crippen LogP contribution in [0.1, 0.15) is 0 Å². The van der Waals surface area contributed by atoms with Crippen molar-refractivity contribution >= 4 is 70.6 Å². The van der Waals surface area contributed by atoms with Crippen molar-refractivity contribution in [2.75, 3.05) is 5.73 Å². The van der Waals surface area contributed by atoms with E-state index in [0.717, 1.165) is 22.5 Å². The third-order valence-electron chi connectivity index (χ3n) is 8.87. The largest absolute Gasteiger partial charge is 0.398 e. The van der Waals surface area contributed by atoms with E-state index in [2.05, 4.69) is 138 Å². The first-order chi connectivity index (χ1) is 20.8. The Morgan fingerprint density at radius 1 is 0.405 bits per heavy atom. The maximum Gasteiger partial charge on any atom is 0.0632 e. The highest BCUT2D eigenvalue weighted by Gasteiger charge is 2.23. The van der Waals surface area contributed by atoms with Crippen LogP contribution in [-0.4, -0.2) is 4.57 Å². The standard InChI is InChI=1S/C40H26N2/c41-35-19-9-7-15-30(35)34-24-27-13-3-4-14-29(27)39-37(34)31-16-5-6-17-32(31)38-33-18-8-10-20-36(33)42(40(38)39)28-22-21-25-11-1-2-12-26(25)23-28/h1-24H,41H2. The van der Waals surface area contributed by atoms with Gasteiger partial charge >= 0.3 is 0 Å². The monoisotopic (exact) mass is 534 g/mol. The second-order valence-corrected chi connectivity index (χ2v) is 11.1. The fraction of sp³-hybridized carbons (Fsp3) is 0. The number of fused-ring (bicyclic) bond motifs is 11. The number of aromatic nitrogens is 1. The molecule has 0 amide bonds. The van der Waals surface area contributed by atoms with Crippen LogP contribution < -0.4 is 5.73 Å². The topological polar surface area (TPSA) is 30.9 Å². The van der Waals surface area contributed by atoms with Gasteiger partial charge in [-0.05, 0) is 68.2 Å². The van der Waals surface area contributed by atoms with Gasteiger partial charge in [-0.25, -0.2) is 0 Å². The Kier molecular flexibility index (Phi) is 4.79. The summed E-state index contributed by atoms with van der Waals surface area (Å²) >= 11 is 0. The van der Waals surface area contributed by atoms with E-state index < -0.39 is 0 Å². The minimum absolute atomic E-state index is 0.785. The van der Waals surface area contributed by atoms with Crippen LogP contribution in [0.4, 0.5) is 5.69 Å². The molecule has 2 heteroatoms. The summed E-state index contributed by atoms with van der Waals surface area (Å²) in [5.41, 5.74) is 13.3. The number of para-hydroxylation sites is 2. The van der Waals surface area contributed by atoms with E-state index in [-0.39, 0.29) is 0 Å². The molecule has 1 aromatic heterocycles. The van der Waals surface area contributed by atoms with Crippen molar-refractivity contribution in [1.82, 2.24) is 4.57 Å². The predicted molar refractivity (Wildman–Crippen MR) is 181 cm³/mol. The number of nitrogen functional groups attached to an aromatic ring is 1. The molecule has 0 bridgehead atoms. The van der Waals surface area contributed by atoms with E-state index in [0.29, 0.717) is 0 Å². The van der Waals surface area contributed by atoms with Crippen LogP contribution in [-0.2, 0) is 0 Å². The van der Waals surface area contributed by atoms with Gasteiger partial charge in [0.2, 0.25) is 0 Å². The summed E-state index contributed by atoms with van der Waals surface area (Å²) in [5, 5.41) is 12.4. The zero-order valence-electron chi connectivity index (χ0n) is 22.9. The molecule has 0 aliphatic heterocycles. The molecule has 1 heterocycles. The summed E-state index contributed by atoms with van der Waals surface area (Å²) in [5.74, 6) is 0. The second kappa shape index (κ2) is 8.70. The van der Waals surface area contributed by atoms with Crippen LogP contribution in [0.2, 0.25) is 0 Å². The molecule has 0 aliphatic carbocycles. The van der Waals surface area contributed by atoms with Gasteiger partial charge < -0.3 is 10.3 Å². The summed E-state index contributed by atoms with van der Waals surface area (Å²) in [6.07, 6.45) is 0. The van der Waals surface area contributed by atoms with Crippen LogP contribution in [0, 0.1) is 0 Å². The molecule has 0 spiro atoms. The lowest BCUT2D eigenvalue weighted by Crippen LogP contribution is -1.97. The second-order valence-electron chi connectivity index (χ2n) is 11.1. The van der Waals surface area contributed by atoms with E-state index in [1.165, 1.54) is 64.9 Å². The third kappa shape index (κ3) is 3.15. The molecule has 42 heavy (non-hydrogen) atoms. The molecule has 9 aromatic rings. The molecule has 2 nitrogen and oxygen atoms in total. The van der Waals surface area contributed by atoms with Gasteiger partial charge in [0.25, 0.3) is 0 Å². The lowest BCUT2D eigenvalue weighted by atomic mass is 9.87. The lowest BCUT2D eigenvalue weighted by Gasteiger charge is -2.18. The fourth-order valence-corrected chi connectivity index (χ4v) is 7.08. The van der Waals surface area contributed by atoms with Crippen molar-refractivity contribution in [3.63, 3.8) is 0 Å². The van der Waals surface area contributed by atoms with Crippen LogP contribution in [0.25, 0.3) is 81.7 Å². The molecule has 0 atom stereocenters. The first-order valence-electron chi connectivity index (χ1n) is 14.4. The first-order valence-corrected chi connectivity index (χ1v) is 14.4. The molecule has 0 aliphatic rings. The van der Waals surface area contributed by atoms with E-state index in [1.807, 2.05) is 12.1 Å². The smallest absolute Gasteiger partial charge is 0.0632 e. The molecular formula is C40H26N2. The van der Waals surface area contributed by atoms with Crippen LogP contribution in [0.15, 0.2) is 146 Å². The summed E-state index contributed by atoms with van der Waals surface area (Å²) in [6.45, 7) is 0. The molecular weight excluding hydrogens is 508 g/mol. The van der Waals surface area contributed by atoms with Crippen molar-refractivity contribution in [2.45, 2.75) is 0 Å². The molecule has 196 valence electrons. The zero-order valence-corrected chi connectivity index (χ0v) is 22.9. The fourth-order valence-electron chi connectivity index (χ4n) is 7.08. The van der Waals surface area contributed by atoms with Crippen molar-refractivity contribution in [1.29, 1.82) is 0 Å². The average molecular weight is 535 g/mol. The molecule has 2 N–H and O–H groups in total. The van der Waals surface area contributed by atoms with Crippen molar-refractivity contribution in [3.05, 3.63) is 146 Å². The van der Waals surface area contributed by atoms with Gasteiger partial charge in [0.15, 0.2) is 0 Å². The van der Waals surface area contributed by atoms with Crippen LogP contribution >= 0.6 is 0 Å². The first kappa shape index (κ1) is 23.1. The molecule has 0 saturated heterocycles. The number of nitrogens with zero attached hydrogens (tertiary/aromatic N) is 1. The Hall–Kier alpha value is -5.60. The van der Waals surface area contributed by atoms with Gasteiger partial charge in [0, 0.05) is 38.5 Å². The van der Waals surface area contributed by atoms with Gasteiger partial charge in [-0.3, -0.25) is 0 Å².